The molecule has 1 N–H and O–H groups in total. The minimum atomic E-state index is -0.262. The zero-order valence-electron chi connectivity index (χ0n) is 11.1. The van der Waals surface area contributed by atoms with E-state index in [2.05, 4.69) is 10.5 Å². The highest BCUT2D eigenvalue weighted by molar-refractivity contribution is 5.61. The van der Waals surface area contributed by atoms with Crippen molar-refractivity contribution in [3.8, 4) is 11.3 Å². The number of hydrogen-bond donors (Lipinski definition) is 1. The SMILES string of the molecule is COCCNCc1noc(-c2ccc(F)cc2)c1C. The molecule has 2 rings (SSSR count). The summed E-state index contributed by atoms with van der Waals surface area (Å²) >= 11 is 0. The third-order valence-electron chi connectivity index (χ3n) is 2.90. The Balaban J connectivity index is 2.07. The number of aromatic nitrogens is 1. The van der Waals surface area contributed by atoms with Crippen LogP contribution in [0.1, 0.15) is 11.3 Å². The Hall–Kier alpha value is -1.72. The fraction of sp³-hybridized carbons (Fsp3) is 0.357. The molecule has 0 atom stereocenters. The summed E-state index contributed by atoms with van der Waals surface area (Å²) in [5.74, 6) is 0.422. The van der Waals surface area contributed by atoms with Crippen LogP contribution in [0.25, 0.3) is 11.3 Å². The topological polar surface area (TPSA) is 47.3 Å². The molecular weight excluding hydrogens is 247 g/mol. The number of hydrogen-bond acceptors (Lipinski definition) is 4. The van der Waals surface area contributed by atoms with Crippen molar-refractivity contribution in [1.29, 1.82) is 0 Å². The maximum atomic E-state index is 12.9. The molecule has 0 aliphatic carbocycles. The molecule has 2 aromatic rings. The van der Waals surface area contributed by atoms with E-state index >= 15 is 0 Å². The first-order chi connectivity index (χ1) is 9.22. The van der Waals surface area contributed by atoms with Gasteiger partial charge in [0.2, 0.25) is 0 Å². The number of nitrogens with one attached hydrogen (secondary N) is 1. The van der Waals surface area contributed by atoms with Gasteiger partial charge in [-0.25, -0.2) is 4.39 Å². The highest BCUT2D eigenvalue weighted by Gasteiger charge is 2.13. The summed E-state index contributed by atoms with van der Waals surface area (Å²) in [6.07, 6.45) is 0. The van der Waals surface area contributed by atoms with Gasteiger partial charge in [-0.3, -0.25) is 0 Å². The van der Waals surface area contributed by atoms with E-state index in [9.17, 15) is 4.39 Å². The van der Waals surface area contributed by atoms with Gasteiger partial charge in [0.1, 0.15) is 11.5 Å². The Morgan fingerprint density at radius 3 is 2.74 bits per heavy atom. The van der Waals surface area contributed by atoms with Gasteiger partial charge >= 0.3 is 0 Å². The lowest BCUT2D eigenvalue weighted by Gasteiger charge is -2.01. The molecule has 0 radical (unpaired) electrons. The van der Waals surface area contributed by atoms with Gasteiger partial charge in [-0.05, 0) is 31.2 Å². The first-order valence-electron chi connectivity index (χ1n) is 6.13. The molecule has 4 nitrogen and oxygen atoms in total. The number of benzene rings is 1. The molecule has 19 heavy (non-hydrogen) atoms. The van der Waals surface area contributed by atoms with Gasteiger partial charge in [-0.15, -0.1) is 0 Å². The third-order valence-corrected chi connectivity index (χ3v) is 2.90. The van der Waals surface area contributed by atoms with Crippen molar-refractivity contribution in [1.82, 2.24) is 10.5 Å². The average molecular weight is 264 g/mol. The van der Waals surface area contributed by atoms with E-state index in [0.29, 0.717) is 18.9 Å². The van der Waals surface area contributed by atoms with Crippen LogP contribution in [0, 0.1) is 12.7 Å². The second-order valence-electron chi connectivity index (χ2n) is 4.26. The van der Waals surface area contributed by atoms with Crippen LogP contribution in [0.4, 0.5) is 4.39 Å². The van der Waals surface area contributed by atoms with Crippen LogP contribution in [-0.2, 0) is 11.3 Å². The fourth-order valence-corrected chi connectivity index (χ4v) is 1.79. The molecule has 102 valence electrons. The average Bonchev–Trinajstić information content (AvgIpc) is 2.77. The van der Waals surface area contributed by atoms with Gasteiger partial charge in [-0.2, -0.15) is 0 Å². The van der Waals surface area contributed by atoms with Crippen LogP contribution in [0.2, 0.25) is 0 Å². The lowest BCUT2D eigenvalue weighted by Crippen LogP contribution is -2.19. The van der Waals surface area contributed by atoms with Gasteiger partial charge in [-0.1, -0.05) is 5.16 Å². The van der Waals surface area contributed by atoms with E-state index in [1.165, 1.54) is 12.1 Å². The molecule has 5 heteroatoms. The van der Waals surface area contributed by atoms with Gasteiger partial charge in [0, 0.05) is 31.3 Å². The van der Waals surface area contributed by atoms with E-state index in [-0.39, 0.29) is 5.82 Å². The van der Waals surface area contributed by atoms with Gasteiger partial charge in [0.25, 0.3) is 0 Å². The second kappa shape index (κ2) is 6.45. The van der Waals surface area contributed by atoms with Crippen LogP contribution < -0.4 is 5.32 Å². The number of rotatable bonds is 6. The van der Waals surface area contributed by atoms with Crippen LogP contribution in [-0.4, -0.2) is 25.4 Å². The standard InChI is InChI=1S/C14H17FN2O2/c1-10-13(9-16-7-8-18-2)17-19-14(10)11-3-5-12(15)6-4-11/h3-6,16H,7-9H2,1-2H3. The van der Waals surface area contributed by atoms with E-state index < -0.39 is 0 Å². The number of halogens is 1. The molecule has 0 aliphatic heterocycles. The van der Waals surface area contributed by atoms with Gasteiger partial charge < -0.3 is 14.6 Å². The minimum absolute atomic E-state index is 0.262. The van der Waals surface area contributed by atoms with Crippen molar-refractivity contribution in [3.63, 3.8) is 0 Å². The summed E-state index contributed by atoms with van der Waals surface area (Å²) in [5, 5.41) is 7.25. The second-order valence-corrected chi connectivity index (χ2v) is 4.26. The van der Waals surface area contributed by atoms with E-state index in [1.807, 2.05) is 6.92 Å². The zero-order valence-corrected chi connectivity index (χ0v) is 11.1. The van der Waals surface area contributed by atoms with E-state index in [4.69, 9.17) is 9.26 Å². The molecule has 0 spiro atoms. The van der Waals surface area contributed by atoms with Crippen LogP contribution in [0.3, 0.4) is 0 Å². The normalized spacial score (nSPS) is 10.9. The fourth-order valence-electron chi connectivity index (χ4n) is 1.79. The van der Waals surface area contributed by atoms with Crippen LogP contribution in [0.15, 0.2) is 28.8 Å². The van der Waals surface area contributed by atoms with Crippen molar-refractivity contribution < 1.29 is 13.7 Å². The largest absolute Gasteiger partial charge is 0.383 e. The van der Waals surface area contributed by atoms with Crippen molar-refractivity contribution in [3.05, 3.63) is 41.3 Å². The number of nitrogens with zero attached hydrogens (tertiary/aromatic N) is 1. The maximum Gasteiger partial charge on any atom is 0.170 e. The predicted molar refractivity (Wildman–Crippen MR) is 70.2 cm³/mol. The first kappa shape index (κ1) is 13.7. The molecular formula is C14H17FN2O2. The van der Waals surface area contributed by atoms with Gasteiger partial charge in [0.05, 0.1) is 6.61 Å². The van der Waals surface area contributed by atoms with Crippen molar-refractivity contribution in [2.75, 3.05) is 20.3 Å². The molecule has 0 aliphatic rings. The quantitative estimate of drug-likeness (QED) is 0.814. The maximum absolute atomic E-state index is 12.9. The predicted octanol–water partition coefficient (Wildman–Crippen LogP) is 2.53. The Bertz CT molecular complexity index is 523. The summed E-state index contributed by atoms with van der Waals surface area (Å²) in [4.78, 5) is 0. The van der Waals surface area contributed by atoms with Crippen molar-refractivity contribution in [2.24, 2.45) is 0 Å². The molecule has 0 saturated heterocycles. The van der Waals surface area contributed by atoms with Crippen LogP contribution in [0.5, 0.6) is 0 Å². The highest BCUT2D eigenvalue weighted by Crippen LogP contribution is 2.25. The highest BCUT2D eigenvalue weighted by atomic mass is 19.1. The minimum Gasteiger partial charge on any atom is -0.383 e. The molecule has 1 aromatic carbocycles. The van der Waals surface area contributed by atoms with E-state index in [1.54, 1.807) is 19.2 Å². The van der Waals surface area contributed by atoms with E-state index in [0.717, 1.165) is 23.4 Å². The number of ether oxygens (including phenoxy) is 1. The van der Waals surface area contributed by atoms with Crippen LogP contribution >= 0.6 is 0 Å². The summed E-state index contributed by atoms with van der Waals surface area (Å²) < 4.78 is 23.2. The van der Waals surface area contributed by atoms with Crippen molar-refractivity contribution >= 4 is 0 Å². The monoisotopic (exact) mass is 264 g/mol. The summed E-state index contributed by atoms with van der Waals surface area (Å²) in [6, 6.07) is 6.19. The molecule has 0 unspecified atom stereocenters. The third kappa shape index (κ3) is 3.39. The number of methoxy groups -OCH3 is 1. The summed E-state index contributed by atoms with van der Waals surface area (Å²) in [5.41, 5.74) is 2.65. The Labute approximate surface area is 111 Å². The summed E-state index contributed by atoms with van der Waals surface area (Å²) in [6.45, 7) is 3.98. The molecule has 0 saturated carbocycles. The molecule has 0 amide bonds. The Kier molecular flexibility index (Phi) is 4.65. The zero-order chi connectivity index (χ0) is 13.7. The molecule has 0 bridgehead atoms. The Morgan fingerprint density at radius 1 is 1.32 bits per heavy atom. The lowest BCUT2D eigenvalue weighted by molar-refractivity contribution is 0.199. The molecule has 1 heterocycles. The van der Waals surface area contributed by atoms with Gasteiger partial charge in [0.15, 0.2) is 5.76 Å². The van der Waals surface area contributed by atoms with Crippen molar-refractivity contribution in [2.45, 2.75) is 13.5 Å². The Morgan fingerprint density at radius 2 is 2.05 bits per heavy atom. The molecule has 0 fully saturated rings. The summed E-state index contributed by atoms with van der Waals surface area (Å²) in [7, 11) is 1.66. The molecule has 1 aromatic heterocycles. The first-order valence-corrected chi connectivity index (χ1v) is 6.13. The lowest BCUT2D eigenvalue weighted by atomic mass is 10.1. The smallest absolute Gasteiger partial charge is 0.170 e.